The van der Waals surface area contributed by atoms with Gasteiger partial charge in [0, 0.05) is 23.1 Å². The Morgan fingerprint density at radius 1 is 1.38 bits per heavy atom. The number of amides is 1. The van der Waals surface area contributed by atoms with Crippen LogP contribution in [-0.2, 0) is 11.3 Å². The van der Waals surface area contributed by atoms with Gasteiger partial charge in [0.1, 0.15) is 11.6 Å². The fraction of sp³-hybridized carbons (Fsp3) is 0.500. The van der Waals surface area contributed by atoms with Crippen molar-refractivity contribution >= 4 is 39.4 Å². The van der Waals surface area contributed by atoms with Gasteiger partial charge in [0.15, 0.2) is 5.16 Å². The lowest BCUT2D eigenvalue weighted by molar-refractivity contribution is -0.113. The van der Waals surface area contributed by atoms with Gasteiger partial charge in [-0.25, -0.2) is 4.98 Å². The van der Waals surface area contributed by atoms with E-state index in [2.05, 4.69) is 47.9 Å². The number of nitrogens with one attached hydrogen (secondary N) is 1. The third-order valence-electron chi connectivity index (χ3n) is 4.11. The van der Waals surface area contributed by atoms with E-state index < -0.39 is 0 Å². The lowest BCUT2D eigenvalue weighted by atomic mass is 10.1. The number of nitrogens with zero attached hydrogens (tertiary/aromatic N) is 4. The van der Waals surface area contributed by atoms with Crippen LogP contribution in [0.4, 0.5) is 5.82 Å². The minimum atomic E-state index is -0.0945. The van der Waals surface area contributed by atoms with Crippen molar-refractivity contribution in [3.05, 3.63) is 28.6 Å². The van der Waals surface area contributed by atoms with Gasteiger partial charge in [0.25, 0.3) is 0 Å². The summed E-state index contributed by atoms with van der Waals surface area (Å²) in [5.74, 6) is 2.34. The summed E-state index contributed by atoms with van der Waals surface area (Å²) in [6, 6.07) is 3.61. The average molecular weight is 410 g/mol. The van der Waals surface area contributed by atoms with Gasteiger partial charge in [-0.3, -0.25) is 4.79 Å². The summed E-state index contributed by atoms with van der Waals surface area (Å²) < 4.78 is 3.02. The number of rotatable bonds is 6. The van der Waals surface area contributed by atoms with Gasteiger partial charge in [-0.1, -0.05) is 24.6 Å². The van der Waals surface area contributed by atoms with E-state index in [1.165, 1.54) is 37.4 Å². The summed E-state index contributed by atoms with van der Waals surface area (Å²) in [5.41, 5.74) is 0. The predicted octanol–water partition coefficient (Wildman–Crippen LogP) is 3.84. The van der Waals surface area contributed by atoms with Gasteiger partial charge in [-0.15, -0.1) is 10.2 Å². The molecular weight excluding hydrogens is 390 g/mol. The molecule has 8 heteroatoms. The normalized spacial score (nSPS) is 14.9. The first-order chi connectivity index (χ1) is 11.7. The topological polar surface area (TPSA) is 72.7 Å². The number of aromatic nitrogens is 4. The number of anilines is 1. The molecule has 0 radical (unpaired) electrons. The summed E-state index contributed by atoms with van der Waals surface area (Å²) in [4.78, 5) is 16.2. The highest BCUT2D eigenvalue weighted by Gasteiger charge is 2.24. The van der Waals surface area contributed by atoms with Crippen LogP contribution in [0, 0.1) is 0 Å². The predicted molar refractivity (Wildman–Crippen MR) is 98.2 cm³/mol. The molecule has 6 nitrogen and oxygen atoms in total. The van der Waals surface area contributed by atoms with Crippen LogP contribution >= 0.6 is 27.7 Å². The van der Waals surface area contributed by atoms with Crippen molar-refractivity contribution < 1.29 is 4.79 Å². The molecule has 0 spiro atoms. The van der Waals surface area contributed by atoms with Crippen molar-refractivity contribution in [3.63, 3.8) is 0 Å². The van der Waals surface area contributed by atoms with E-state index >= 15 is 0 Å². The molecular formula is C16H20BrN5OS. The van der Waals surface area contributed by atoms with Crippen LogP contribution in [0.25, 0.3) is 0 Å². The fourth-order valence-electron chi connectivity index (χ4n) is 2.95. The number of pyridine rings is 1. The first-order valence-corrected chi connectivity index (χ1v) is 9.92. The molecule has 0 aromatic carbocycles. The molecule has 0 aliphatic heterocycles. The Morgan fingerprint density at radius 2 is 2.17 bits per heavy atom. The van der Waals surface area contributed by atoms with Crippen LogP contribution in [0.15, 0.2) is 28.0 Å². The number of hydrogen-bond donors (Lipinski definition) is 1. The molecule has 2 aromatic rings. The largest absolute Gasteiger partial charge is 0.310 e. The zero-order valence-corrected chi connectivity index (χ0v) is 15.9. The molecule has 128 valence electrons. The number of carbonyl (C=O) groups is 1. The summed E-state index contributed by atoms with van der Waals surface area (Å²) >= 11 is 4.74. The minimum absolute atomic E-state index is 0.0945. The molecule has 1 amide bonds. The van der Waals surface area contributed by atoms with Gasteiger partial charge in [-0.2, -0.15) is 0 Å². The van der Waals surface area contributed by atoms with Crippen molar-refractivity contribution in [3.8, 4) is 0 Å². The zero-order chi connectivity index (χ0) is 16.9. The molecule has 2 heterocycles. The molecule has 3 rings (SSSR count). The molecule has 1 fully saturated rings. The zero-order valence-electron chi connectivity index (χ0n) is 13.5. The van der Waals surface area contributed by atoms with Crippen LogP contribution in [0.3, 0.4) is 0 Å². The summed E-state index contributed by atoms with van der Waals surface area (Å²) in [6.45, 7) is 2.93. The summed E-state index contributed by atoms with van der Waals surface area (Å²) in [5, 5.41) is 12.3. The Balaban J connectivity index is 1.59. The van der Waals surface area contributed by atoms with Crippen molar-refractivity contribution in [1.82, 2.24) is 19.7 Å². The Hall–Kier alpha value is -1.41. The van der Waals surface area contributed by atoms with Crippen LogP contribution < -0.4 is 5.32 Å². The van der Waals surface area contributed by atoms with Gasteiger partial charge < -0.3 is 9.88 Å². The van der Waals surface area contributed by atoms with E-state index in [0.717, 1.165) is 22.0 Å². The van der Waals surface area contributed by atoms with E-state index in [4.69, 9.17) is 0 Å². The molecule has 1 aliphatic rings. The SMILES string of the molecule is CCn1c(SCC(=O)Nc2ccc(Br)cn2)nnc1C1CCCC1. The molecule has 0 saturated heterocycles. The highest BCUT2D eigenvalue weighted by atomic mass is 79.9. The van der Waals surface area contributed by atoms with Crippen molar-refractivity contribution in [1.29, 1.82) is 0 Å². The Morgan fingerprint density at radius 3 is 2.83 bits per heavy atom. The van der Waals surface area contributed by atoms with Crippen LogP contribution in [-0.4, -0.2) is 31.4 Å². The lowest BCUT2D eigenvalue weighted by Crippen LogP contribution is -2.15. The second kappa shape index (κ2) is 8.11. The van der Waals surface area contributed by atoms with Crippen LogP contribution in [0.1, 0.15) is 44.3 Å². The van der Waals surface area contributed by atoms with Crippen molar-refractivity contribution in [2.24, 2.45) is 0 Å². The van der Waals surface area contributed by atoms with E-state index in [9.17, 15) is 4.79 Å². The van der Waals surface area contributed by atoms with Gasteiger partial charge >= 0.3 is 0 Å². The Kier molecular flexibility index (Phi) is 5.89. The van der Waals surface area contributed by atoms with Gasteiger partial charge in [0.2, 0.25) is 5.91 Å². The summed E-state index contributed by atoms with van der Waals surface area (Å²) in [7, 11) is 0. The molecule has 1 saturated carbocycles. The maximum absolute atomic E-state index is 12.1. The number of thioether (sulfide) groups is 1. The third kappa shape index (κ3) is 4.16. The molecule has 1 aliphatic carbocycles. The standard InChI is InChI=1S/C16H20BrN5OS/c1-2-22-15(11-5-3-4-6-11)20-21-16(22)24-10-14(23)19-13-8-7-12(17)9-18-13/h7-9,11H,2-6,10H2,1H3,(H,18,19,23). The Bertz CT molecular complexity index is 697. The van der Waals surface area contributed by atoms with E-state index in [1.54, 1.807) is 12.3 Å². The van der Waals surface area contributed by atoms with E-state index in [0.29, 0.717) is 17.5 Å². The summed E-state index contributed by atoms with van der Waals surface area (Å²) in [6.07, 6.45) is 6.58. The molecule has 0 bridgehead atoms. The van der Waals surface area contributed by atoms with Crippen molar-refractivity contribution in [2.75, 3.05) is 11.1 Å². The van der Waals surface area contributed by atoms with Crippen molar-refractivity contribution in [2.45, 2.75) is 50.2 Å². The third-order valence-corrected chi connectivity index (χ3v) is 5.55. The first kappa shape index (κ1) is 17.4. The highest BCUT2D eigenvalue weighted by molar-refractivity contribution is 9.10. The second-order valence-corrected chi connectivity index (χ2v) is 7.62. The van der Waals surface area contributed by atoms with Crippen LogP contribution in [0.5, 0.6) is 0 Å². The molecule has 24 heavy (non-hydrogen) atoms. The average Bonchev–Trinajstić information content (AvgIpc) is 3.23. The number of hydrogen-bond acceptors (Lipinski definition) is 5. The van der Waals surface area contributed by atoms with Gasteiger partial charge in [0.05, 0.1) is 5.75 Å². The maximum Gasteiger partial charge on any atom is 0.236 e. The molecule has 1 N–H and O–H groups in total. The second-order valence-electron chi connectivity index (χ2n) is 5.76. The maximum atomic E-state index is 12.1. The molecule has 0 atom stereocenters. The lowest BCUT2D eigenvalue weighted by Gasteiger charge is -2.11. The number of carbonyl (C=O) groups excluding carboxylic acids is 1. The fourth-order valence-corrected chi connectivity index (χ4v) is 3.99. The highest BCUT2D eigenvalue weighted by Crippen LogP contribution is 2.34. The smallest absolute Gasteiger partial charge is 0.236 e. The number of halogens is 1. The minimum Gasteiger partial charge on any atom is -0.310 e. The Labute approximate surface area is 154 Å². The monoisotopic (exact) mass is 409 g/mol. The molecule has 0 unspecified atom stereocenters. The quantitative estimate of drug-likeness (QED) is 0.733. The van der Waals surface area contributed by atoms with Gasteiger partial charge in [-0.05, 0) is 47.8 Å². The van der Waals surface area contributed by atoms with E-state index in [1.807, 2.05) is 6.07 Å². The van der Waals surface area contributed by atoms with Crippen LogP contribution in [0.2, 0.25) is 0 Å². The first-order valence-electron chi connectivity index (χ1n) is 8.14. The molecule has 2 aromatic heterocycles. The van der Waals surface area contributed by atoms with E-state index in [-0.39, 0.29) is 5.91 Å².